The van der Waals surface area contributed by atoms with Crippen LogP contribution in [-0.2, 0) is 9.53 Å². The van der Waals surface area contributed by atoms with Gasteiger partial charge in [0, 0.05) is 17.3 Å². The molecule has 0 aliphatic rings. The second-order valence-corrected chi connectivity index (χ2v) is 4.06. The molecule has 0 saturated carbocycles. The van der Waals surface area contributed by atoms with E-state index in [0.717, 1.165) is 0 Å². The number of amides is 1. The number of ether oxygens (including phenoxy) is 1. The van der Waals surface area contributed by atoms with E-state index < -0.39 is 0 Å². The van der Waals surface area contributed by atoms with Crippen LogP contribution >= 0.6 is 11.6 Å². The lowest BCUT2D eigenvalue weighted by Crippen LogP contribution is -2.31. The second kappa shape index (κ2) is 7.45. The minimum Gasteiger partial charge on any atom is -0.500 e. The van der Waals surface area contributed by atoms with Crippen molar-refractivity contribution in [3.05, 3.63) is 41.1 Å². The Balaban J connectivity index is 3.00. The van der Waals surface area contributed by atoms with E-state index in [-0.39, 0.29) is 11.5 Å². The van der Waals surface area contributed by atoms with E-state index in [0.29, 0.717) is 23.9 Å². The Morgan fingerprint density at radius 3 is 2.53 bits per heavy atom. The molecule has 1 amide bonds. The molecule has 1 aromatic carbocycles. The standard InChI is InChI=1S/C14H15ClN2O2/c1-3-17(13-7-5-12(15)6-8-13)14(18)11(9-16)10-19-4-2/h5-8,10H,3-4H2,1-2H3. The number of likely N-dealkylation sites (N-methyl/N-ethyl adjacent to an activating group) is 1. The molecule has 1 rings (SSSR count). The molecule has 0 N–H and O–H groups in total. The molecule has 0 atom stereocenters. The summed E-state index contributed by atoms with van der Waals surface area (Å²) in [5, 5.41) is 9.59. The molecule has 100 valence electrons. The van der Waals surface area contributed by atoms with Crippen molar-refractivity contribution in [1.82, 2.24) is 0 Å². The SMILES string of the molecule is CCOC=C(C#N)C(=O)N(CC)c1ccc(Cl)cc1. The van der Waals surface area contributed by atoms with Gasteiger partial charge in [-0.25, -0.2) is 0 Å². The third kappa shape index (κ3) is 4.01. The van der Waals surface area contributed by atoms with Crippen LogP contribution in [0.3, 0.4) is 0 Å². The molecule has 0 heterocycles. The van der Waals surface area contributed by atoms with E-state index in [9.17, 15) is 4.79 Å². The predicted molar refractivity (Wildman–Crippen MR) is 74.8 cm³/mol. The molecule has 5 heteroatoms. The average molecular weight is 279 g/mol. The van der Waals surface area contributed by atoms with Crippen molar-refractivity contribution in [2.45, 2.75) is 13.8 Å². The van der Waals surface area contributed by atoms with Gasteiger partial charge in [-0.05, 0) is 38.1 Å². The summed E-state index contributed by atoms with van der Waals surface area (Å²) in [6, 6.07) is 8.72. The highest BCUT2D eigenvalue weighted by atomic mass is 35.5. The maximum absolute atomic E-state index is 12.2. The molecule has 0 bridgehead atoms. The van der Waals surface area contributed by atoms with Crippen LogP contribution in [0.5, 0.6) is 0 Å². The van der Waals surface area contributed by atoms with Crippen molar-refractivity contribution in [1.29, 1.82) is 5.26 Å². The number of carbonyl (C=O) groups excluding carboxylic acids is 1. The highest BCUT2D eigenvalue weighted by molar-refractivity contribution is 6.30. The first-order valence-corrected chi connectivity index (χ1v) is 6.31. The van der Waals surface area contributed by atoms with Crippen LogP contribution in [0.1, 0.15) is 13.8 Å². The number of rotatable bonds is 5. The maximum atomic E-state index is 12.2. The summed E-state index contributed by atoms with van der Waals surface area (Å²) in [5.74, 6) is -0.388. The average Bonchev–Trinajstić information content (AvgIpc) is 2.42. The molecule has 19 heavy (non-hydrogen) atoms. The first-order valence-electron chi connectivity index (χ1n) is 5.93. The predicted octanol–water partition coefficient (Wildman–Crippen LogP) is 3.14. The van der Waals surface area contributed by atoms with Gasteiger partial charge in [-0.2, -0.15) is 5.26 Å². The molecule has 0 aliphatic heterocycles. The van der Waals surface area contributed by atoms with Crippen molar-refractivity contribution in [3.63, 3.8) is 0 Å². The van der Waals surface area contributed by atoms with E-state index in [4.69, 9.17) is 21.6 Å². The topological polar surface area (TPSA) is 53.3 Å². The summed E-state index contributed by atoms with van der Waals surface area (Å²) >= 11 is 5.81. The molecule has 4 nitrogen and oxygen atoms in total. The highest BCUT2D eigenvalue weighted by Gasteiger charge is 2.18. The molecular formula is C14H15ClN2O2. The van der Waals surface area contributed by atoms with E-state index >= 15 is 0 Å². The summed E-state index contributed by atoms with van der Waals surface area (Å²) in [5.41, 5.74) is 0.660. The number of nitrogens with zero attached hydrogens (tertiary/aromatic N) is 2. The van der Waals surface area contributed by atoms with Gasteiger partial charge in [0.15, 0.2) is 5.57 Å². The summed E-state index contributed by atoms with van der Waals surface area (Å²) < 4.78 is 5.00. The number of anilines is 1. The molecule has 0 aromatic heterocycles. The van der Waals surface area contributed by atoms with Gasteiger partial charge >= 0.3 is 0 Å². The quantitative estimate of drug-likeness (QED) is 0.472. The van der Waals surface area contributed by atoms with Gasteiger partial charge < -0.3 is 9.64 Å². The monoisotopic (exact) mass is 278 g/mol. The Morgan fingerprint density at radius 2 is 2.05 bits per heavy atom. The Kier molecular flexibility index (Phi) is 5.91. The summed E-state index contributed by atoms with van der Waals surface area (Å²) in [4.78, 5) is 13.7. The molecular weight excluding hydrogens is 264 g/mol. The molecule has 1 aromatic rings. The zero-order chi connectivity index (χ0) is 14.3. The molecule has 0 aliphatic carbocycles. The summed E-state index contributed by atoms with van der Waals surface area (Å²) in [6.07, 6.45) is 1.20. The number of hydrogen-bond donors (Lipinski definition) is 0. The lowest BCUT2D eigenvalue weighted by atomic mass is 10.2. The van der Waals surface area contributed by atoms with Gasteiger partial charge in [0.25, 0.3) is 5.91 Å². The molecule has 0 saturated heterocycles. The lowest BCUT2D eigenvalue weighted by Gasteiger charge is -2.20. The molecule has 0 spiro atoms. The smallest absolute Gasteiger partial charge is 0.272 e. The fourth-order valence-electron chi connectivity index (χ4n) is 1.50. The first kappa shape index (κ1) is 15.1. The van der Waals surface area contributed by atoms with Gasteiger partial charge in [-0.15, -0.1) is 0 Å². The van der Waals surface area contributed by atoms with Gasteiger partial charge in [0.05, 0.1) is 6.61 Å². The Morgan fingerprint density at radius 1 is 1.42 bits per heavy atom. The third-order valence-corrected chi connectivity index (χ3v) is 2.67. The van der Waals surface area contributed by atoms with Crippen molar-refractivity contribution < 1.29 is 9.53 Å². The van der Waals surface area contributed by atoms with E-state index in [1.165, 1.54) is 11.2 Å². The van der Waals surface area contributed by atoms with Crippen LogP contribution < -0.4 is 4.90 Å². The van der Waals surface area contributed by atoms with Crippen LogP contribution in [0.15, 0.2) is 36.1 Å². The highest BCUT2D eigenvalue weighted by Crippen LogP contribution is 2.19. The number of halogens is 1. The third-order valence-electron chi connectivity index (χ3n) is 2.42. The first-order chi connectivity index (χ1) is 9.13. The number of benzene rings is 1. The summed E-state index contributed by atoms with van der Waals surface area (Å²) in [6.45, 7) is 4.48. The molecule has 0 radical (unpaired) electrons. The lowest BCUT2D eigenvalue weighted by molar-refractivity contribution is -0.114. The minimum atomic E-state index is -0.388. The zero-order valence-corrected chi connectivity index (χ0v) is 11.6. The Labute approximate surface area is 117 Å². The van der Waals surface area contributed by atoms with Crippen LogP contribution in [0.4, 0.5) is 5.69 Å². The number of nitriles is 1. The fourth-order valence-corrected chi connectivity index (χ4v) is 1.63. The normalized spacial score (nSPS) is 10.7. The Hall–Kier alpha value is -1.99. The van der Waals surface area contributed by atoms with Gasteiger partial charge in [0.2, 0.25) is 0 Å². The Bertz CT molecular complexity index is 503. The van der Waals surface area contributed by atoms with Crippen LogP contribution in [-0.4, -0.2) is 19.1 Å². The van der Waals surface area contributed by atoms with Crippen LogP contribution in [0.2, 0.25) is 5.02 Å². The van der Waals surface area contributed by atoms with Gasteiger partial charge in [-0.3, -0.25) is 4.79 Å². The van der Waals surface area contributed by atoms with Crippen molar-refractivity contribution >= 4 is 23.2 Å². The van der Waals surface area contributed by atoms with Crippen LogP contribution in [0.25, 0.3) is 0 Å². The van der Waals surface area contributed by atoms with Crippen molar-refractivity contribution in [2.24, 2.45) is 0 Å². The van der Waals surface area contributed by atoms with Gasteiger partial charge in [-0.1, -0.05) is 11.6 Å². The number of carbonyl (C=O) groups is 1. The maximum Gasteiger partial charge on any atom is 0.272 e. The minimum absolute atomic E-state index is 0.0290. The molecule has 0 fully saturated rings. The zero-order valence-electron chi connectivity index (χ0n) is 10.9. The molecule has 0 unspecified atom stereocenters. The summed E-state index contributed by atoms with van der Waals surface area (Å²) in [7, 11) is 0. The van der Waals surface area contributed by atoms with E-state index in [1.54, 1.807) is 31.2 Å². The van der Waals surface area contributed by atoms with Crippen molar-refractivity contribution in [2.75, 3.05) is 18.1 Å². The largest absolute Gasteiger partial charge is 0.500 e. The second-order valence-electron chi connectivity index (χ2n) is 3.62. The van der Waals surface area contributed by atoms with Crippen LogP contribution in [0, 0.1) is 11.3 Å². The van der Waals surface area contributed by atoms with E-state index in [1.807, 2.05) is 13.0 Å². The number of hydrogen-bond acceptors (Lipinski definition) is 3. The van der Waals surface area contributed by atoms with Gasteiger partial charge in [0.1, 0.15) is 12.3 Å². The fraction of sp³-hybridized carbons (Fsp3) is 0.286. The van der Waals surface area contributed by atoms with E-state index in [2.05, 4.69) is 0 Å². The van der Waals surface area contributed by atoms with Crippen molar-refractivity contribution in [3.8, 4) is 6.07 Å².